The van der Waals surface area contributed by atoms with E-state index in [4.69, 9.17) is 16.9 Å². The molecule has 18 heavy (non-hydrogen) atoms. The molecule has 0 bridgehead atoms. The topological polar surface area (TPSA) is 70.0 Å². The van der Waals surface area contributed by atoms with Crippen LogP contribution < -0.4 is 4.72 Å². The Morgan fingerprint density at radius 2 is 2.17 bits per heavy atom. The average Bonchev–Trinajstić information content (AvgIpc) is 2.27. The molecule has 0 aliphatic rings. The standard InChI is InChI=1S/C11H12BrClN2O2S/c1-3-11(2,7-14)15-18(16,17)10-5-4-8(12)6-9(10)13/h4-6,15H,3H2,1-2H3. The SMILES string of the molecule is CCC(C)(C#N)NS(=O)(=O)c1ccc(Br)cc1Cl. The van der Waals surface area contributed by atoms with Crippen LogP contribution in [0.1, 0.15) is 20.3 Å². The number of nitrogens with one attached hydrogen (secondary N) is 1. The number of rotatable bonds is 4. The summed E-state index contributed by atoms with van der Waals surface area (Å²) in [4.78, 5) is -0.0395. The lowest BCUT2D eigenvalue weighted by atomic mass is 10.0. The molecule has 0 fully saturated rings. The molecule has 1 unspecified atom stereocenters. The van der Waals surface area contributed by atoms with E-state index in [1.807, 2.05) is 6.07 Å². The molecule has 0 aliphatic carbocycles. The van der Waals surface area contributed by atoms with Crippen molar-refractivity contribution in [1.29, 1.82) is 5.26 Å². The minimum atomic E-state index is -3.81. The zero-order valence-corrected chi connectivity index (χ0v) is 13.0. The molecule has 0 saturated carbocycles. The van der Waals surface area contributed by atoms with Gasteiger partial charge in [-0.2, -0.15) is 9.98 Å². The Labute approximate surface area is 120 Å². The van der Waals surface area contributed by atoms with Crippen molar-refractivity contribution in [2.45, 2.75) is 30.7 Å². The lowest BCUT2D eigenvalue weighted by Crippen LogP contribution is -2.44. The molecule has 4 nitrogen and oxygen atoms in total. The van der Waals surface area contributed by atoms with Crippen molar-refractivity contribution >= 4 is 37.6 Å². The van der Waals surface area contributed by atoms with Gasteiger partial charge < -0.3 is 0 Å². The highest BCUT2D eigenvalue weighted by Gasteiger charge is 2.30. The minimum absolute atomic E-state index is 0.0395. The third-order valence-corrected chi connectivity index (χ3v) is 5.07. The van der Waals surface area contributed by atoms with Crippen molar-refractivity contribution in [2.75, 3.05) is 0 Å². The molecule has 1 aromatic rings. The fraction of sp³-hybridized carbons (Fsp3) is 0.364. The molecule has 0 radical (unpaired) electrons. The summed E-state index contributed by atoms with van der Waals surface area (Å²) in [5.41, 5.74) is -1.14. The van der Waals surface area contributed by atoms with Gasteiger partial charge in [0.25, 0.3) is 0 Å². The predicted octanol–water partition coefficient (Wildman–Crippen LogP) is 3.07. The van der Waals surface area contributed by atoms with Crippen LogP contribution in [0, 0.1) is 11.3 Å². The summed E-state index contributed by atoms with van der Waals surface area (Å²) in [6, 6.07) is 6.40. The molecule has 0 spiro atoms. The number of hydrogen-bond acceptors (Lipinski definition) is 3. The zero-order chi connectivity index (χ0) is 14.0. The number of hydrogen-bond donors (Lipinski definition) is 1. The van der Waals surface area contributed by atoms with Crippen molar-refractivity contribution in [3.8, 4) is 6.07 Å². The van der Waals surface area contributed by atoms with Crippen LogP contribution >= 0.6 is 27.5 Å². The normalized spacial score (nSPS) is 14.8. The first-order valence-corrected chi connectivity index (χ1v) is 7.80. The highest BCUT2D eigenvalue weighted by molar-refractivity contribution is 9.10. The van der Waals surface area contributed by atoms with E-state index in [2.05, 4.69) is 20.7 Å². The third kappa shape index (κ3) is 3.45. The van der Waals surface area contributed by atoms with Gasteiger partial charge >= 0.3 is 0 Å². The molecule has 7 heteroatoms. The van der Waals surface area contributed by atoms with E-state index in [0.717, 1.165) is 0 Å². The quantitative estimate of drug-likeness (QED) is 0.906. The Hall–Kier alpha value is -0.610. The smallest absolute Gasteiger partial charge is 0.207 e. The van der Waals surface area contributed by atoms with E-state index in [1.165, 1.54) is 19.1 Å². The Bertz CT molecular complexity index is 598. The maximum absolute atomic E-state index is 12.1. The Kier molecular flexibility index (Phi) is 4.78. The summed E-state index contributed by atoms with van der Waals surface area (Å²) < 4.78 is 27.3. The summed E-state index contributed by atoms with van der Waals surface area (Å²) in [6.45, 7) is 3.26. The molecule has 0 aliphatic heterocycles. The van der Waals surface area contributed by atoms with E-state index < -0.39 is 15.6 Å². The minimum Gasteiger partial charge on any atom is -0.207 e. The summed E-state index contributed by atoms with van der Waals surface area (Å²) in [5, 5.41) is 9.10. The molecular formula is C11H12BrClN2O2S. The molecule has 0 saturated heterocycles. The summed E-state index contributed by atoms with van der Waals surface area (Å²) in [6.07, 6.45) is 0.358. The van der Waals surface area contributed by atoms with Crippen LogP contribution in [-0.4, -0.2) is 14.0 Å². The average molecular weight is 352 g/mol. The van der Waals surface area contributed by atoms with E-state index in [1.54, 1.807) is 13.0 Å². The van der Waals surface area contributed by atoms with E-state index in [0.29, 0.717) is 10.9 Å². The first-order valence-electron chi connectivity index (χ1n) is 5.14. The van der Waals surface area contributed by atoms with Gasteiger partial charge in [-0.3, -0.25) is 0 Å². The molecule has 0 heterocycles. The molecule has 1 N–H and O–H groups in total. The predicted molar refractivity (Wildman–Crippen MR) is 73.8 cm³/mol. The second-order valence-electron chi connectivity index (χ2n) is 3.98. The van der Waals surface area contributed by atoms with Crippen molar-refractivity contribution < 1.29 is 8.42 Å². The Morgan fingerprint density at radius 3 is 2.61 bits per heavy atom. The van der Waals surface area contributed by atoms with E-state index in [9.17, 15) is 8.42 Å². The molecule has 0 amide bonds. The van der Waals surface area contributed by atoms with Crippen LogP contribution in [0.25, 0.3) is 0 Å². The maximum atomic E-state index is 12.1. The molecular weight excluding hydrogens is 340 g/mol. The van der Waals surface area contributed by atoms with Crippen molar-refractivity contribution in [2.24, 2.45) is 0 Å². The second-order valence-corrected chi connectivity index (χ2v) is 6.95. The van der Waals surface area contributed by atoms with Gasteiger partial charge in [-0.15, -0.1) is 0 Å². The van der Waals surface area contributed by atoms with Crippen LogP contribution in [0.3, 0.4) is 0 Å². The van der Waals surface area contributed by atoms with Crippen LogP contribution in [0.2, 0.25) is 5.02 Å². The van der Waals surface area contributed by atoms with Crippen LogP contribution in [0.5, 0.6) is 0 Å². The van der Waals surface area contributed by atoms with Crippen LogP contribution in [0.15, 0.2) is 27.6 Å². The number of halogens is 2. The first-order chi connectivity index (χ1) is 8.24. The van der Waals surface area contributed by atoms with Gasteiger partial charge in [-0.1, -0.05) is 34.5 Å². The summed E-state index contributed by atoms with van der Waals surface area (Å²) in [5.74, 6) is 0. The van der Waals surface area contributed by atoms with Gasteiger partial charge in [0.15, 0.2) is 0 Å². The van der Waals surface area contributed by atoms with Gasteiger partial charge in [0.2, 0.25) is 10.0 Å². The molecule has 1 aromatic carbocycles. The number of sulfonamides is 1. The van der Waals surface area contributed by atoms with Crippen molar-refractivity contribution in [3.05, 3.63) is 27.7 Å². The van der Waals surface area contributed by atoms with Crippen LogP contribution in [0.4, 0.5) is 0 Å². The zero-order valence-electron chi connectivity index (χ0n) is 9.87. The molecule has 98 valence electrons. The maximum Gasteiger partial charge on any atom is 0.243 e. The highest BCUT2D eigenvalue weighted by Crippen LogP contribution is 2.26. The van der Waals surface area contributed by atoms with Gasteiger partial charge in [0.1, 0.15) is 10.4 Å². The second kappa shape index (κ2) is 5.57. The lowest BCUT2D eigenvalue weighted by molar-refractivity contribution is 0.495. The fourth-order valence-corrected chi connectivity index (χ4v) is 3.65. The Morgan fingerprint density at radius 1 is 1.56 bits per heavy atom. The molecule has 0 aromatic heterocycles. The number of benzene rings is 1. The summed E-state index contributed by atoms with van der Waals surface area (Å²) in [7, 11) is -3.81. The monoisotopic (exact) mass is 350 g/mol. The third-order valence-electron chi connectivity index (χ3n) is 2.50. The Balaban J connectivity index is 3.20. The van der Waals surface area contributed by atoms with E-state index >= 15 is 0 Å². The van der Waals surface area contributed by atoms with Gasteiger partial charge in [0, 0.05) is 4.47 Å². The van der Waals surface area contributed by atoms with Crippen LogP contribution in [-0.2, 0) is 10.0 Å². The molecule has 1 atom stereocenters. The fourth-order valence-electron chi connectivity index (χ4n) is 1.22. The largest absolute Gasteiger partial charge is 0.243 e. The van der Waals surface area contributed by atoms with Gasteiger partial charge in [0.05, 0.1) is 11.1 Å². The highest BCUT2D eigenvalue weighted by atomic mass is 79.9. The number of nitriles is 1. The van der Waals surface area contributed by atoms with Crippen molar-refractivity contribution in [1.82, 2.24) is 4.72 Å². The first kappa shape index (κ1) is 15.4. The summed E-state index contributed by atoms with van der Waals surface area (Å²) >= 11 is 9.10. The number of nitrogens with zero attached hydrogens (tertiary/aromatic N) is 1. The molecule has 1 rings (SSSR count). The van der Waals surface area contributed by atoms with Gasteiger partial charge in [-0.25, -0.2) is 8.42 Å². The van der Waals surface area contributed by atoms with E-state index in [-0.39, 0.29) is 9.92 Å². The van der Waals surface area contributed by atoms with Crippen molar-refractivity contribution in [3.63, 3.8) is 0 Å². The lowest BCUT2D eigenvalue weighted by Gasteiger charge is -2.21. The van der Waals surface area contributed by atoms with Gasteiger partial charge in [-0.05, 0) is 31.5 Å².